The molecule has 0 atom stereocenters. The summed E-state index contributed by atoms with van der Waals surface area (Å²) < 4.78 is 0. The molecule has 0 saturated carbocycles. The molecule has 0 aliphatic rings. The van der Waals surface area contributed by atoms with Crippen molar-refractivity contribution in [1.29, 1.82) is 0 Å². The van der Waals surface area contributed by atoms with Gasteiger partial charge in [-0.3, -0.25) is 0 Å². The van der Waals surface area contributed by atoms with Crippen molar-refractivity contribution in [3.8, 4) is 0 Å². The maximum absolute atomic E-state index is 4.44. The maximum atomic E-state index is 4.44. The van der Waals surface area contributed by atoms with Crippen molar-refractivity contribution in [2.75, 3.05) is 0 Å². The number of aromatic nitrogens is 3. The van der Waals surface area contributed by atoms with Crippen LogP contribution in [0, 0.1) is 6.92 Å². The molecule has 4 aromatic rings. The molecule has 0 radical (unpaired) electrons. The second-order valence-corrected chi connectivity index (χ2v) is 6.05. The van der Waals surface area contributed by atoms with Crippen molar-refractivity contribution in [2.45, 2.75) is 16.8 Å². The molecule has 3 nitrogen and oxygen atoms in total. The Morgan fingerprint density at radius 1 is 0.952 bits per heavy atom. The molecule has 21 heavy (non-hydrogen) atoms. The van der Waals surface area contributed by atoms with E-state index in [0.717, 1.165) is 27.0 Å². The Bertz CT molecular complexity index is 926. The summed E-state index contributed by atoms with van der Waals surface area (Å²) in [6.45, 7) is 2.09. The number of aromatic amines is 1. The van der Waals surface area contributed by atoms with E-state index in [2.05, 4.69) is 58.3 Å². The molecule has 2 aromatic carbocycles. The minimum absolute atomic E-state index is 0.958. The summed E-state index contributed by atoms with van der Waals surface area (Å²) in [5.41, 5.74) is 4.34. The molecule has 0 saturated heterocycles. The van der Waals surface area contributed by atoms with Crippen LogP contribution < -0.4 is 0 Å². The van der Waals surface area contributed by atoms with Crippen molar-refractivity contribution in [3.05, 3.63) is 60.4 Å². The van der Waals surface area contributed by atoms with E-state index in [4.69, 9.17) is 0 Å². The summed E-state index contributed by atoms with van der Waals surface area (Å²) in [4.78, 5) is 13.5. The molecule has 0 aliphatic heterocycles. The van der Waals surface area contributed by atoms with Crippen LogP contribution in [0.3, 0.4) is 0 Å². The molecule has 0 bridgehead atoms. The van der Waals surface area contributed by atoms with Gasteiger partial charge < -0.3 is 4.98 Å². The van der Waals surface area contributed by atoms with E-state index in [-0.39, 0.29) is 0 Å². The largest absolute Gasteiger partial charge is 0.351 e. The molecule has 2 aromatic heterocycles. The van der Waals surface area contributed by atoms with Crippen molar-refractivity contribution in [2.24, 2.45) is 0 Å². The Morgan fingerprint density at radius 3 is 2.62 bits per heavy atom. The third kappa shape index (κ3) is 2.17. The molecular formula is C17H13N3S. The average molecular weight is 291 g/mol. The van der Waals surface area contributed by atoms with E-state index < -0.39 is 0 Å². The smallest absolute Gasteiger partial charge is 0.128 e. The van der Waals surface area contributed by atoms with Crippen LogP contribution in [0.15, 0.2) is 64.8 Å². The fourth-order valence-electron chi connectivity index (χ4n) is 2.41. The molecule has 0 fully saturated rings. The molecule has 2 heterocycles. The molecular weight excluding hydrogens is 278 g/mol. The second kappa shape index (κ2) is 4.90. The summed E-state index contributed by atoms with van der Waals surface area (Å²) in [5.74, 6) is 0. The lowest BCUT2D eigenvalue weighted by atomic mass is 10.2. The molecule has 0 aliphatic carbocycles. The number of nitrogens with zero attached hydrogens (tertiary/aromatic N) is 2. The highest BCUT2D eigenvalue weighted by Crippen LogP contribution is 2.33. The Labute approximate surface area is 126 Å². The Balaban J connectivity index is 1.86. The van der Waals surface area contributed by atoms with Gasteiger partial charge in [0.25, 0.3) is 0 Å². The normalized spacial score (nSPS) is 11.3. The maximum Gasteiger partial charge on any atom is 0.128 e. The SMILES string of the molecule is Cc1ccc(Sc2ncnc3c2[nH]c2ccccc23)cc1. The predicted molar refractivity (Wildman–Crippen MR) is 86.7 cm³/mol. The number of nitrogens with one attached hydrogen (secondary N) is 1. The highest BCUT2D eigenvalue weighted by Gasteiger charge is 2.11. The van der Waals surface area contributed by atoms with Crippen LogP contribution in [0.1, 0.15) is 5.56 Å². The summed E-state index contributed by atoms with van der Waals surface area (Å²) in [6, 6.07) is 16.7. The number of hydrogen-bond acceptors (Lipinski definition) is 3. The lowest BCUT2D eigenvalue weighted by Gasteiger charge is -2.02. The molecule has 0 unspecified atom stereocenters. The van der Waals surface area contributed by atoms with E-state index in [9.17, 15) is 0 Å². The summed E-state index contributed by atoms with van der Waals surface area (Å²) in [7, 11) is 0. The van der Waals surface area contributed by atoms with Gasteiger partial charge in [0.2, 0.25) is 0 Å². The number of H-pyrrole nitrogens is 1. The average Bonchev–Trinajstić information content (AvgIpc) is 2.89. The quantitative estimate of drug-likeness (QED) is 0.550. The van der Waals surface area contributed by atoms with Crippen LogP contribution in [-0.2, 0) is 0 Å². The van der Waals surface area contributed by atoms with Gasteiger partial charge in [0.1, 0.15) is 16.9 Å². The van der Waals surface area contributed by atoms with Gasteiger partial charge >= 0.3 is 0 Å². The third-order valence-corrected chi connectivity index (χ3v) is 4.50. The monoisotopic (exact) mass is 291 g/mol. The zero-order chi connectivity index (χ0) is 14.2. The second-order valence-electron chi connectivity index (χ2n) is 4.99. The topological polar surface area (TPSA) is 41.6 Å². The van der Waals surface area contributed by atoms with Crippen molar-refractivity contribution in [1.82, 2.24) is 15.0 Å². The van der Waals surface area contributed by atoms with Gasteiger partial charge in [-0.25, -0.2) is 9.97 Å². The van der Waals surface area contributed by atoms with Crippen LogP contribution in [-0.4, -0.2) is 15.0 Å². The van der Waals surface area contributed by atoms with E-state index in [1.165, 1.54) is 10.5 Å². The lowest BCUT2D eigenvalue weighted by molar-refractivity contribution is 1.09. The lowest BCUT2D eigenvalue weighted by Crippen LogP contribution is -1.85. The molecule has 4 rings (SSSR count). The first kappa shape index (κ1) is 12.4. The van der Waals surface area contributed by atoms with Gasteiger partial charge in [0, 0.05) is 15.8 Å². The highest BCUT2D eigenvalue weighted by molar-refractivity contribution is 7.99. The van der Waals surface area contributed by atoms with Gasteiger partial charge in [-0.1, -0.05) is 47.7 Å². The number of benzene rings is 2. The van der Waals surface area contributed by atoms with Crippen molar-refractivity contribution < 1.29 is 0 Å². The highest BCUT2D eigenvalue weighted by atomic mass is 32.2. The zero-order valence-corrected chi connectivity index (χ0v) is 12.3. The fraction of sp³-hybridized carbons (Fsp3) is 0.0588. The first-order valence-corrected chi connectivity index (χ1v) is 7.59. The molecule has 0 spiro atoms. The van der Waals surface area contributed by atoms with E-state index in [1.54, 1.807) is 18.1 Å². The minimum atomic E-state index is 0.958. The Kier molecular flexibility index (Phi) is 2.89. The summed E-state index contributed by atoms with van der Waals surface area (Å²) in [6.07, 6.45) is 1.64. The predicted octanol–water partition coefficient (Wildman–Crippen LogP) is 4.57. The molecule has 4 heteroatoms. The van der Waals surface area contributed by atoms with Gasteiger partial charge in [0.15, 0.2) is 0 Å². The van der Waals surface area contributed by atoms with Crippen LogP contribution in [0.2, 0.25) is 0 Å². The van der Waals surface area contributed by atoms with Crippen LogP contribution in [0.5, 0.6) is 0 Å². The van der Waals surface area contributed by atoms with Crippen LogP contribution in [0.4, 0.5) is 0 Å². The van der Waals surface area contributed by atoms with E-state index in [0.29, 0.717) is 0 Å². The molecule has 1 N–H and O–H groups in total. The molecule has 102 valence electrons. The van der Waals surface area contributed by atoms with E-state index >= 15 is 0 Å². The minimum Gasteiger partial charge on any atom is -0.351 e. The number of rotatable bonds is 2. The first-order valence-electron chi connectivity index (χ1n) is 6.77. The van der Waals surface area contributed by atoms with Gasteiger partial charge in [0.05, 0.1) is 5.52 Å². The molecule has 0 amide bonds. The van der Waals surface area contributed by atoms with Crippen LogP contribution >= 0.6 is 11.8 Å². The first-order chi connectivity index (χ1) is 10.3. The van der Waals surface area contributed by atoms with Crippen LogP contribution in [0.25, 0.3) is 21.9 Å². The fourth-order valence-corrected chi connectivity index (χ4v) is 3.26. The zero-order valence-electron chi connectivity index (χ0n) is 11.5. The number of hydrogen-bond donors (Lipinski definition) is 1. The standard InChI is InChI=1S/C17H13N3S/c1-11-6-8-12(9-7-11)21-17-16-15(18-10-19-17)13-4-2-3-5-14(13)20-16/h2-10,20H,1H3. The van der Waals surface area contributed by atoms with Crippen molar-refractivity contribution >= 4 is 33.7 Å². The number of para-hydroxylation sites is 1. The van der Waals surface area contributed by atoms with Gasteiger partial charge in [-0.15, -0.1) is 0 Å². The number of fused-ring (bicyclic) bond motifs is 3. The third-order valence-electron chi connectivity index (χ3n) is 3.49. The van der Waals surface area contributed by atoms with Gasteiger partial charge in [-0.05, 0) is 25.1 Å². The Hall–Kier alpha value is -2.33. The van der Waals surface area contributed by atoms with Gasteiger partial charge in [-0.2, -0.15) is 0 Å². The van der Waals surface area contributed by atoms with Crippen molar-refractivity contribution in [3.63, 3.8) is 0 Å². The summed E-state index contributed by atoms with van der Waals surface area (Å²) >= 11 is 1.66. The number of aryl methyl sites for hydroxylation is 1. The Morgan fingerprint density at radius 2 is 1.76 bits per heavy atom. The van der Waals surface area contributed by atoms with E-state index in [1.807, 2.05) is 12.1 Å². The summed E-state index contributed by atoms with van der Waals surface area (Å²) in [5, 5.41) is 2.10.